The molecule has 4 nitrogen and oxygen atoms in total. The Morgan fingerprint density at radius 1 is 0.406 bits per heavy atom. The number of amides is 2. The number of hydrogen-bond acceptors (Lipinski definition) is 2. The van der Waals surface area contributed by atoms with Gasteiger partial charge in [0.05, 0.1) is 0 Å². The lowest BCUT2D eigenvalue weighted by molar-refractivity contribution is -0.122. The molecule has 0 saturated heterocycles. The van der Waals surface area contributed by atoms with E-state index in [1.807, 2.05) is 0 Å². The average Bonchev–Trinajstić information content (AvgIpc) is 2.79. The minimum atomic E-state index is 0.174. The Labute approximate surface area is 200 Å². The SMILES string of the molecule is CCCCCCCCCCCCCCCC(=O)NCCCCCC(=O)NCCCCCC. The van der Waals surface area contributed by atoms with Crippen LogP contribution in [0.4, 0.5) is 0 Å². The summed E-state index contributed by atoms with van der Waals surface area (Å²) in [6, 6.07) is 0. The summed E-state index contributed by atoms with van der Waals surface area (Å²) in [5.41, 5.74) is 0. The largest absolute Gasteiger partial charge is 0.356 e. The Morgan fingerprint density at radius 3 is 1.06 bits per heavy atom. The van der Waals surface area contributed by atoms with Gasteiger partial charge in [0.1, 0.15) is 0 Å². The van der Waals surface area contributed by atoms with Crippen LogP contribution in [0, 0.1) is 0 Å². The van der Waals surface area contributed by atoms with E-state index in [2.05, 4.69) is 24.5 Å². The van der Waals surface area contributed by atoms with Crippen LogP contribution in [0.25, 0.3) is 0 Å². The van der Waals surface area contributed by atoms with Crippen LogP contribution in [0.2, 0.25) is 0 Å². The summed E-state index contributed by atoms with van der Waals surface area (Å²) in [5, 5.41) is 6.03. The molecule has 0 radical (unpaired) electrons. The molecule has 0 aliphatic heterocycles. The third-order valence-corrected chi connectivity index (χ3v) is 6.26. The Kier molecular flexibility index (Phi) is 25.3. The molecule has 2 N–H and O–H groups in total. The first-order chi connectivity index (χ1) is 15.7. The maximum Gasteiger partial charge on any atom is 0.219 e. The van der Waals surface area contributed by atoms with Crippen molar-refractivity contribution in [3.05, 3.63) is 0 Å². The van der Waals surface area contributed by atoms with Crippen molar-refractivity contribution in [3.63, 3.8) is 0 Å². The predicted molar refractivity (Wildman–Crippen MR) is 139 cm³/mol. The summed E-state index contributed by atoms with van der Waals surface area (Å²) in [4.78, 5) is 23.6. The van der Waals surface area contributed by atoms with E-state index in [0.717, 1.165) is 45.2 Å². The highest BCUT2D eigenvalue weighted by Gasteiger charge is 2.02. The maximum atomic E-state index is 11.9. The normalized spacial score (nSPS) is 10.9. The van der Waals surface area contributed by atoms with Crippen molar-refractivity contribution in [1.82, 2.24) is 10.6 Å². The number of unbranched alkanes of at least 4 members (excludes halogenated alkanes) is 17. The second-order valence-corrected chi connectivity index (χ2v) is 9.56. The van der Waals surface area contributed by atoms with Gasteiger partial charge in [0.15, 0.2) is 0 Å². The molecule has 0 aliphatic rings. The standard InChI is InChI=1S/C28H56N2O2/c1-3-5-7-9-10-11-12-13-14-15-16-17-19-23-27(31)30-26-22-18-20-24-28(32)29-25-21-8-6-4-2/h3-26H2,1-2H3,(H,29,32)(H,30,31). The van der Waals surface area contributed by atoms with Crippen LogP contribution < -0.4 is 10.6 Å². The number of carbonyl (C=O) groups is 2. The van der Waals surface area contributed by atoms with Gasteiger partial charge in [0, 0.05) is 25.9 Å². The summed E-state index contributed by atoms with van der Waals surface area (Å²) in [7, 11) is 0. The third kappa shape index (κ3) is 25.2. The molecule has 0 aliphatic carbocycles. The molecule has 190 valence electrons. The van der Waals surface area contributed by atoms with E-state index in [1.165, 1.54) is 96.3 Å². The van der Waals surface area contributed by atoms with E-state index in [0.29, 0.717) is 12.8 Å². The van der Waals surface area contributed by atoms with E-state index in [4.69, 9.17) is 0 Å². The fourth-order valence-corrected chi connectivity index (χ4v) is 4.07. The molecule has 4 heteroatoms. The Bertz CT molecular complexity index is 412. The molecular formula is C28H56N2O2. The number of hydrogen-bond donors (Lipinski definition) is 2. The van der Waals surface area contributed by atoms with Crippen molar-refractivity contribution in [2.75, 3.05) is 13.1 Å². The number of rotatable bonds is 25. The zero-order chi connectivity index (χ0) is 23.5. The molecule has 0 rings (SSSR count). The Balaban J connectivity index is 3.24. The van der Waals surface area contributed by atoms with Crippen LogP contribution >= 0.6 is 0 Å². The van der Waals surface area contributed by atoms with Crippen molar-refractivity contribution in [1.29, 1.82) is 0 Å². The lowest BCUT2D eigenvalue weighted by Gasteiger charge is -2.06. The first-order valence-electron chi connectivity index (χ1n) is 14.2. The molecule has 0 aromatic heterocycles. The maximum absolute atomic E-state index is 11.9. The first-order valence-corrected chi connectivity index (χ1v) is 14.2. The molecule has 0 fully saturated rings. The fourth-order valence-electron chi connectivity index (χ4n) is 4.07. The van der Waals surface area contributed by atoms with Gasteiger partial charge in [-0.3, -0.25) is 9.59 Å². The van der Waals surface area contributed by atoms with Crippen molar-refractivity contribution < 1.29 is 9.59 Å². The monoisotopic (exact) mass is 452 g/mol. The van der Waals surface area contributed by atoms with Gasteiger partial charge in [-0.05, 0) is 25.7 Å². The number of nitrogens with one attached hydrogen (secondary N) is 2. The van der Waals surface area contributed by atoms with Gasteiger partial charge < -0.3 is 10.6 Å². The summed E-state index contributed by atoms with van der Waals surface area (Å²) in [6.45, 7) is 6.03. The molecule has 32 heavy (non-hydrogen) atoms. The Morgan fingerprint density at radius 2 is 0.688 bits per heavy atom. The lowest BCUT2D eigenvalue weighted by Crippen LogP contribution is -2.25. The average molecular weight is 453 g/mol. The topological polar surface area (TPSA) is 58.2 Å². The second kappa shape index (κ2) is 26.2. The van der Waals surface area contributed by atoms with Crippen LogP contribution in [0.5, 0.6) is 0 Å². The summed E-state index contributed by atoms with van der Waals surface area (Å²) < 4.78 is 0. The fraction of sp³-hybridized carbons (Fsp3) is 0.929. The van der Waals surface area contributed by atoms with E-state index in [-0.39, 0.29) is 11.8 Å². The van der Waals surface area contributed by atoms with Crippen LogP contribution in [0.3, 0.4) is 0 Å². The van der Waals surface area contributed by atoms with Gasteiger partial charge in [0.2, 0.25) is 11.8 Å². The molecule has 0 aromatic carbocycles. The van der Waals surface area contributed by atoms with Crippen molar-refractivity contribution in [3.8, 4) is 0 Å². The molecule has 0 heterocycles. The minimum Gasteiger partial charge on any atom is -0.356 e. The highest BCUT2D eigenvalue weighted by Crippen LogP contribution is 2.13. The molecular weight excluding hydrogens is 396 g/mol. The Hall–Kier alpha value is -1.06. The van der Waals surface area contributed by atoms with Gasteiger partial charge in [-0.25, -0.2) is 0 Å². The van der Waals surface area contributed by atoms with Crippen molar-refractivity contribution >= 4 is 11.8 Å². The van der Waals surface area contributed by atoms with Gasteiger partial charge in [-0.2, -0.15) is 0 Å². The van der Waals surface area contributed by atoms with E-state index < -0.39 is 0 Å². The molecule has 0 spiro atoms. The van der Waals surface area contributed by atoms with E-state index in [9.17, 15) is 9.59 Å². The molecule has 0 unspecified atom stereocenters. The predicted octanol–water partition coefficient (Wildman–Crippen LogP) is 7.84. The van der Waals surface area contributed by atoms with Crippen LogP contribution in [-0.2, 0) is 9.59 Å². The van der Waals surface area contributed by atoms with E-state index >= 15 is 0 Å². The van der Waals surface area contributed by atoms with Gasteiger partial charge in [-0.15, -0.1) is 0 Å². The molecule has 0 atom stereocenters. The van der Waals surface area contributed by atoms with Crippen LogP contribution in [-0.4, -0.2) is 24.9 Å². The highest BCUT2D eigenvalue weighted by molar-refractivity contribution is 5.76. The van der Waals surface area contributed by atoms with E-state index in [1.54, 1.807) is 0 Å². The van der Waals surface area contributed by atoms with Gasteiger partial charge in [-0.1, -0.05) is 117 Å². The lowest BCUT2D eigenvalue weighted by atomic mass is 10.0. The summed E-state index contributed by atoms with van der Waals surface area (Å²) in [5.74, 6) is 0.367. The minimum absolute atomic E-state index is 0.174. The van der Waals surface area contributed by atoms with Crippen molar-refractivity contribution in [2.24, 2.45) is 0 Å². The zero-order valence-corrected chi connectivity index (χ0v) is 21.8. The quantitative estimate of drug-likeness (QED) is 0.139. The molecule has 0 aromatic rings. The van der Waals surface area contributed by atoms with Crippen molar-refractivity contribution in [2.45, 2.75) is 155 Å². The second-order valence-electron chi connectivity index (χ2n) is 9.56. The van der Waals surface area contributed by atoms with Gasteiger partial charge in [0.25, 0.3) is 0 Å². The van der Waals surface area contributed by atoms with Gasteiger partial charge >= 0.3 is 0 Å². The first kappa shape index (κ1) is 30.9. The smallest absolute Gasteiger partial charge is 0.219 e. The highest BCUT2D eigenvalue weighted by atomic mass is 16.2. The summed E-state index contributed by atoms with van der Waals surface area (Å²) in [6.07, 6.45) is 26.3. The molecule has 2 amide bonds. The summed E-state index contributed by atoms with van der Waals surface area (Å²) >= 11 is 0. The third-order valence-electron chi connectivity index (χ3n) is 6.26. The van der Waals surface area contributed by atoms with Crippen LogP contribution in [0.1, 0.15) is 155 Å². The molecule has 0 bridgehead atoms. The molecule has 0 saturated carbocycles. The zero-order valence-electron chi connectivity index (χ0n) is 21.8. The van der Waals surface area contributed by atoms with Crippen LogP contribution in [0.15, 0.2) is 0 Å². The number of carbonyl (C=O) groups excluding carboxylic acids is 2.